The van der Waals surface area contributed by atoms with E-state index in [0.29, 0.717) is 6.42 Å². The van der Waals surface area contributed by atoms with E-state index in [9.17, 15) is 4.79 Å². The minimum atomic E-state index is -0.740. The zero-order valence-electron chi connectivity index (χ0n) is 11.8. The van der Waals surface area contributed by atoms with Crippen molar-refractivity contribution < 1.29 is 9.90 Å². The second kappa shape index (κ2) is 4.34. The van der Waals surface area contributed by atoms with Gasteiger partial charge in [0.2, 0.25) is 0 Å². The molecule has 0 unspecified atom stereocenters. The Morgan fingerprint density at radius 2 is 1.85 bits per heavy atom. The van der Waals surface area contributed by atoms with Crippen LogP contribution in [0.2, 0.25) is 0 Å². The van der Waals surface area contributed by atoms with E-state index >= 15 is 0 Å². The number of imidazole rings is 1. The first-order valence-electron chi connectivity index (χ1n) is 7.89. The van der Waals surface area contributed by atoms with E-state index in [-0.39, 0.29) is 11.8 Å². The summed E-state index contributed by atoms with van der Waals surface area (Å²) in [4.78, 5) is 18.8. The summed E-state index contributed by atoms with van der Waals surface area (Å²) in [6, 6.07) is 0. The Morgan fingerprint density at radius 3 is 2.40 bits per heavy atom. The van der Waals surface area contributed by atoms with Gasteiger partial charge in [-0.25, -0.2) is 4.98 Å². The molecule has 20 heavy (non-hydrogen) atoms. The van der Waals surface area contributed by atoms with Gasteiger partial charge in [-0.2, -0.15) is 0 Å². The average molecular weight is 274 g/mol. The topological polar surface area (TPSA) is 66.0 Å². The molecule has 4 fully saturated rings. The number of nitrogens with one attached hydrogen (secondary N) is 1. The third-order valence-corrected chi connectivity index (χ3v) is 5.78. The van der Waals surface area contributed by atoms with Crippen LogP contribution in [0.1, 0.15) is 56.5 Å². The van der Waals surface area contributed by atoms with Crippen molar-refractivity contribution in [2.24, 2.45) is 17.8 Å². The summed E-state index contributed by atoms with van der Waals surface area (Å²) in [7, 11) is 0. The number of aliphatic carboxylic acids is 1. The molecule has 0 radical (unpaired) electrons. The summed E-state index contributed by atoms with van der Waals surface area (Å²) in [5.74, 6) is 3.14. The van der Waals surface area contributed by atoms with E-state index in [0.717, 1.165) is 29.3 Å². The normalized spacial score (nSPS) is 38.3. The predicted octanol–water partition coefficient (Wildman–Crippen LogP) is 2.89. The van der Waals surface area contributed by atoms with E-state index in [2.05, 4.69) is 9.97 Å². The lowest BCUT2D eigenvalue weighted by Crippen LogP contribution is -2.49. The van der Waals surface area contributed by atoms with Crippen LogP contribution >= 0.6 is 0 Å². The van der Waals surface area contributed by atoms with E-state index < -0.39 is 5.97 Å². The number of carboxylic acid groups (broad SMARTS) is 1. The van der Waals surface area contributed by atoms with E-state index in [4.69, 9.17) is 5.11 Å². The molecule has 0 spiro atoms. The van der Waals surface area contributed by atoms with Crippen LogP contribution in [0.25, 0.3) is 0 Å². The molecule has 0 aliphatic heterocycles. The van der Waals surface area contributed by atoms with Crippen LogP contribution in [0, 0.1) is 17.8 Å². The molecule has 0 aromatic carbocycles. The molecular formula is C16H22N2O2. The number of aromatic nitrogens is 2. The lowest BCUT2D eigenvalue weighted by molar-refractivity contribution is -0.136. The van der Waals surface area contributed by atoms with Crippen molar-refractivity contribution in [2.45, 2.75) is 56.8 Å². The predicted molar refractivity (Wildman–Crippen MR) is 74.4 cm³/mol. The second-order valence-electron chi connectivity index (χ2n) is 7.35. The average Bonchev–Trinajstić information content (AvgIpc) is 2.84. The molecule has 4 nitrogen and oxygen atoms in total. The van der Waals surface area contributed by atoms with Gasteiger partial charge in [-0.05, 0) is 62.7 Å². The highest BCUT2D eigenvalue weighted by atomic mass is 16.4. The van der Waals surface area contributed by atoms with Crippen molar-refractivity contribution in [3.63, 3.8) is 0 Å². The molecule has 2 N–H and O–H groups in total. The number of hydrogen-bond donors (Lipinski definition) is 2. The molecule has 1 aromatic heterocycles. The van der Waals surface area contributed by atoms with Crippen molar-refractivity contribution in [2.75, 3.05) is 0 Å². The van der Waals surface area contributed by atoms with Crippen LogP contribution in [0.15, 0.2) is 6.20 Å². The van der Waals surface area contributed by atoms with Gasteiger partial charge in [0.25, 0.3) is 0 Å². The standard InChI is InChI=1S/C16H22N2O2/c19-14(20)2-1-13-9-17-15(18-13)16-6-10-3-11(7-16)5-12(4-10)8-16/h9-12H,1-8H2,(H,17,18)(H,19,20). The molecule has 4 aliphatic carbocycles. The summed E-state index contributed by atoms with van der Waals surface area (Å²) in [5.41, 5.74) is 1.27. The van der Waals surface area contributed by atoms with E-state index in [1.54, 1.807) is 0 Å². The van der Waals surface area contributed by atoms with Gasteiger partial charge in [-0.3, -0.25) is 4.79 Å². The van der Waals surface area contributed by atoms with Crippen molar-refractivity contribution in [3.8, 4) is 0 Å². The number of nitrogens with zero attached hydrogens (tertiary/aromatic N) is 1. The highest BCUT2D eigenvalue weighted by Crippen LogP contribution is 2.60. The quantitative estimate of drug-likeness (QED) is 0.887. The Bertz CT molecular complexity index is 499. The smallest absolute Gasteiger partial charge is 0.303 e. The number of carboxylic acids is 1. The summed E-state index contributed by atoms with van der Waals surface area (Å²) >= 11 is 0. The van der Waals surface area contributed by atoms with Crippen LogP contribution in [0.3, 0.4) is 0 Å². The molecule has 0 atom stereocenters. The summed E-state index contributed by atoms with van der Waals surface area (Å²) in [6.07, 6.45) is 10.8. The van der Waals surface area contributed by atoms with E-state index in [1.165, 1.54) is 38.5 Å². The van der Waals surface area contributed by atoms with Gasteiger partial charge in [0.05, 0.1) is 6.42 Å². The number of carbonyl (C=O) groups is 1. The van der Waals surface area contributed by atoms with Crippen LogP contribution < -0.4 is 0 Å². The maximum atomic E-state index is 10.7. The number of rotatable bonds is 4. The van der Waals surface area contributed by atoms with Gasteiger partial charge in [0.15, 0.2) is 0 Å². The molecule has 1 aromatic rings. The first-order chi connectivity index (χ1) is 9.63. The minimum Gasteiger partial charge on any atom is -0.481 e. The first kappa shape index (κ1) is 12.4. The molecular weight excluding hydrogens is 252 g/mol. The molecule has 4 aliphatic rings. The SMILES string of the molecule is O=C(O)CCc1cnc(C23CC4CC(CC(C4)C2)C3)[nH]1. The maximum absolute atomic E-state index is 10.7. The lowest BCUT2D eigenvalue weighted by Gasteiger charge is -2.56. The van der Waals surface area contributed by atoms with Gasteiger partial charge in [0.1, 0.15) is 5.82 Å². The monoisotopic (exact) mass is 274 g/mol. The highest BCUT2D eigenvalue weighted by Gasteiger charge is 2.52. The lowest BCUT2D eigenvalue weighted by atomic mass is 9.49. The minimum absolute atomic E-state index is 0.183. The number of hydrogen-bond acceptors (Lipinski definition) is 2. The second-order valence-corrected chi connectivity index (χ2v) is 7.35. The van der Waals surface area contributed by atoms with Gasteiger partial charge in [-0.15, -0.1) is 0 Å². The molecule has 108 valence electrons. The van der Waals surface area contributed by atoms with Crippen molar-refractivity contribution in [3.05, 3.63) is 17.7 Å². The molecule has 4 heteroatoms. The van der Waals surface area contributed by atoms with Gasteiger partial charge < -0.3 is 10.1 Å². The Kier molecular flexibility index (Phi) is 2.69. The molecule has 1 heterocycles. The Morgan fingerprint density at radius 1 is 1.25 bits per heavy atom. The first-order valence-corrected chi connectivity index (χ1v) is 7.89. The van der Waals surface area contributed by atoms with Gasteiger partial charge in [-0.1, -0.05) is 0 Å². The van der Waals surface area contributed by atoms with Crippen LogP contribution in [-0.4, -0.2) is 21.0 Å². The fraction of sp³-hybridized carbons (Fsp3) is 0.750. The Balaban J connectivity index is 1.56. The zero-order chi connectivity index (χ0) is 13.7. The highest BCUT2D eigenvalue weighted by molar-refractivity contribution is 5.66. The van der Waals surface area contributed by atoms with Gasteiger partial charge >= 0.3 is 5.97 Å². The molecule has 0 saturated heterocycles. The van der Waals surface area contributed by atoms with Gasteiger partial charge in [0, 0.05) is 17.3 Å². The number of H-pyrrole nitrogens is 1. The van der Waals surface area contributed by atoms with Crippen LogP contribution in [-0.2, 0) is 16.6 Å². The fourth-order valence-corrected chi connectivity index (χ4v) is 5.40. The third kappa shape index (κ3) is 1.97. The van der Waals surface area contributed by atoms with Crippen LogP contribution in [0.5, 0.6) is 0 Å². The molecule has 0 amide bonds. The summed E-state index contributed by atoms with van der Waals surface area (Å²) in [5, 5.41) is 8.78. The third-order valence-electron chi connectivity index (χ3n) is 5.78. The Hall–Kier alpha value is -1.32. The summed E-state index contributed by atoms with van der Waals surface area (Å²) < 4.78 is 0. The Labute approximate surface area is 119 Å². The molecule has 4 saturated carbocycles. The van der Waals surface area contributed by atoms with E-state index in [1.807, 2.05) is 6.20 Å². The fourth-order valence-electron chi connectivity index (χ4n) is 5.40. The number of aromatic amines is 1. The number of aryl methyl sites for hydroxylation is 1. The van der Waals surface area contributed by atoms with Crippen molar-refractivity contribution >= 4 is 5.97 Å². The summed E-state index contributed by atoms with van der Waals surface area (Å²) in [6.45, 7) is 0. The maximum Gasteiger partial charge on any atom is 0.303 e. The zero-order valence-corrected chi connectivity index (χ0v) is 11.8. The molecule has 5 rings (SSSR count). The molecule has 4 bridgehead atoms. The van der Waals surface area contributed by atoms with Crippen LogP contribution in [0.4, 0.5) is 0 Å². The largest absolute Gasteiger partial charge is 0.481 e. The van der Waals surface area contributed by atoms with Crippen molar-refractivity contribution in [1.82, 2.24) is 9.97 Å². The van der Waals surface area contributed by atoms with Crippen molar-refractivity contribution in [1.29, 1.82) is 0 Å².